The first-order valence-corrected chi connectivity index (χ1v) is 7.91. The third-order valence-corrected chi connectivity index (χ3v) is 3.94. The number of fused-ring (bicyclic) bond motifs is 1. The van der Waals surface area contributed by atoms with Crippen molar-refractivity contribution >= 4 is 16.9 Å². The van der Waals surface area contributed by atoms with E-state index in [9.17, 15) is 8.78 Å². The molecule has 7 nitrogen and oxygen atoms in total. The molecule has 1 aromatic carbocycles. The maximum atomic E-state index is 12.9. The van der Waals surface area contributed by atoms with Crippen LogP contribution in [0.5, 0.6) is 5.88 Å². The van der Waals surface area contributed by atoms with Crippen LogP contribution in [-0.2, 0) is 0 Å². The Balaban J connectivity index is 2.13. The normalized spacial score (nSPS) is 11.1. The molecule has 2 N–H and O–H groups in total. The maximum absolute atomic E-state index is 12.9. The van der Waals surface area contributed by atoms with Crippen molar-refractivity contribution in [3.05, 3.63) is 36.3 Å². The highest BCUT2D eigenvalue weighted by atomic mass is 19.1. The first-order chi connectivity index (χ1) is 12.6. The quantitative estimate of drug-likeness (QED) is 0.621. The van der Waals surface area contributed by atoms with E-state index >= 15 is 0 Å². The van der Waals surface area contributed by atoms with Crippen molar-refractivity contribution in [2.75, 3.05) is 25.8 Å². The fourth-order valence-corrected chi connectivity index (χ4v) is 2.73. The maximum Gasteiger partial charge on any atom is 0.242 e. The molecule has 0 unspecified atom stereocenters. The molecule has 26 heavy (non-hydrogen) atoms. The van der Waals surface area contributed by atoms with Crippen LogP contribution in [0.2, 0.25) is 0 Å². The van der Waals surface area contributed by atoms with E-state index in [1.807, 2.05) is 6.07 Å². The Kier molecular flexibility index (Phi) is 5.06. The van der Waals surface area contributed by atoms with Gasteiger partial charge in [0.25, 0.3) is 0 Å². The van der Waals surface area contributed by atoms with E-state index in [-0.39, 0.29) is 0 Å². The Hall–Kier alpha value is -3.10. The molecule has 3 rings (SSSR count). The SMILES string of the molecule is COc1nc(C)nn2ccc(-c3ccc(N=N)c(NC(CF)CF)c3)c12. The summed E-state index contributed by atoms with van der Waals surface area (Å²) in [6, 6.07) is 5.94. The smallest absolute Gasteiger partial charge is 0.242 e. The van der Waals surface area contributed by atoms with E-state index in [1.165, 1.54) is 7.11 Å². The van der Waals surface area contributed by atoms with Crippen molar-refractivity contribution < 1.29 is 13.5 Å². The Bertz CT molecular complexity index is 938. The fraction of sp³-hybridized carbons (Fsp3) is 0.294. The number of ether oxygens (including phenoxy) is 1. The standard InChI is InChI=1S/C17H18F2N6O/c1-10-21-17(26-2)16-13(5-6-25(16)24-10)11-3-4-14(23-20)15(7-11)22-12(8-18)9-19/h3-7,12,20,22H,8-9H2,1-2H3. The largest absolute Gasteiger partial charge is 0.479 e. The molecule has 0 amide bonds. The van der Waals surface area contributed by atoms with Gasteiger partial charge in [-0.1, -0.05) is 6.07 Å². The molecule has 0 aliphatic carbocycles. The van der Waals surface area contributed by atoms with Crippen LogP contribution in [0.1, 0.15) is 5.82 Å². The zero-order valence-corrected chi connectivity index (χ0v) is 14.3. The van der Waals surface area contributed by atoms with Gasteiger partial charge in [-0.3, -0.25) is 0 Å². The van der Waals surface area contributed by atoms with Crippen molar-refractivity contribution in [1.29, 1.82) is 5.53 Å². The summed E-state index contributed by atoms with van der Waals surface area (Å²) in [4.78, 5) is 4.29. The second-order valence-corrected chi connectivity index (χ2v) is 5.68. The van der Waals surface area contributed by atoms with Crippen LogP contribution in [-0.4, -0.2) is 41.1 Å². The number of hydrogen-bond acceptors (Lipinski definition) is 6. The molecule has 2 aromatic heterocycles. The number of aryl methyl sites for hydroxylation is 1. The van der Waals surface area contributed by atoms with Gasteiger partial charge in [0.05, 0.1) is 18.8 Å². The van der Waals surface area contributed by atoms with Crippen molar-refractivity contribution in [3.63, 3.8) is 0 Å². The summed E-state index contributed by atoms with van der Waals surface area (Å²) in [6.45, 7) is 0.0325. The van der Waals surface area contributed by atoms with Gasteiger partial charge in [-0.15, -0.1) is 0 Å². The van der Waals surface area contributed by atoms with Gasteiger partial charge < -0.3 is 10.1 Å². The second-order valence-electron chi connectivity index (χ2n) is 5.68. The first-order valence-electron chi connectivity index (χ1n) is 7.91. The summed E-state index contributed by atoms with van der Waals surface area (Å²) in [7, 11) is 1.53. The highest BCUT2D eigenvalue weighted by Crippen LogP contribution is 2.35. The predicted octanol–water partition coefficient (Wildman–Crippen LogP) is 4.10. The average molecular weight is 360 g/mol. The molecule has 0 saturated heterocycles. The van der Waals surface area contributed by atoms with Gasteiger partial charge in [-0.2, -0.15) is 15.2 Å². The van der Waals surface area contributed by atoms with Gasteiger partial charge >= 0.3 is 0 Å². The molecule has 0 atom stereocenters. The predicted molar refractivity (Wildman–Crippen MR) is 93.9 cm³/mol. The molecule has 0 spiro atoms. The minimum Gasteiger partial charge on any atom is -0.479 e. The summed E-state index contributed by atoms with van der Waals surface area (Å²) in [5.41, 5.74) is 10.2. The molecule has 0 fully saturated rings. The Morgan fingerprint density at radius 2 is 2.08 bits per heavy atom. The van der Waals surface area contributed by atoms with Crippen LogP contribution >= 0.6 is 0 Å². The third-order valence-electron chi connectivity index (χ3n) is 3.94. The van der Waals surface area contributed by atoms with Gasteiger partial charge in [0.15, 0.2) is 0 Å². The fourth-order valence-electron chi connectivity index (χ4n) is 2.73. The van der Waals surface area contributed by atoms with E-state index in [1.54, 1.807) is 35.8 Å². The number of benzene rings is 1. The molecule has 2 heterocycles. The third kappa shape index (κ3) is 3.19. The summed E-state index contributed by atoms with van der Waals surface area (Å²) in [6.07, 6.45) is 1.78. The number of rotatable bonds is 7. The van der Waals surface area contributed by atoms with E-state index in [0.717, 1.165) is 11.1 Å². The molecule has 0 saturated carbocycles. The van der Waals surface area contributed by atoms with Crippen molar-refractivity contribution in [3.8, 4) is 17.0 Å². The highest BCUT2D eigenvalue weighted by molar-refractivity contribution is 5.87. The lowest BCUT2D eigenvalue weighted by Crippen LogP contribution is -2.23. The topological polar surface area (TPSA) is 87.7 Å². The molecule has 0 aliphatic rings. The van der Waals surface area contributed by atoms with Gasteiger partial charge in [-0.05, 0) is 30.7 Å². The molecule has 0 bridgehead atoms. The number of anilines is 1. The molecule has 3 aromatic rings. The number of nitrogens with zero attached hydrogens (tertiary/aromatic N) is 4. The summed E-state index contributed by atoms with van der Waals surface area (Å²) < 4.78 is 32.8. The van der Waals surface area contributed by atoms with Crippen LogP contribution in [0.3, 0.4) is 0 Å². The molecule has 136 valence electrons. The molecular weight excluding hydrogens is 342 g/mol. The second kappa shape index (κ2) is 7.42. The number of aromatic nitrogens is 3. The summed E-state index contributed by atoms with van der Waals surface area (Å²) in [5.74, 6) is 0.989. The van der Waals surface area contributed by atoms with E-state index in [4.69, 9.17) is 10.3 Å². The Morgan fingerprint density at radius 3 is 2.73 bits per heavy atom. The van der Waals surface area contributed by atoms with Gasteiger partial charge in [0.2, 0.25) is 5.88 Å². The van der Waals surface area contributed by atoms with E-state index in [2.05, 4.69) is 20.5 Å². The van der Waals surface area contributed by atoms with Crippen molar-refractivity contribution in [2.45, 2.75) is 13.0 Å². The average Bonchev–Trinajstić information content (AvgIpc) is 3.08. The van der Waals surface area contributed by atoms with Gasteiger partial charge in [0.1, 0.15) is 30.4 Å². The van der Waals surface area contributed by atoms with E-state index < -0.39 is 19.4 Å². The number of nitrogens with one attached hydrogen (secondary N) is 2. The van der Waals surface area contributed by atoms with Crippen LogP contribution in [0, 0.1) is 12.5 Å². The number of halogens is 2. The first kappa shape index (κ1) is 17.7. The molecular formula is C17H18F2N6O. The monoisotopic (exact) mass is 360 g/mol. The van der Waals surface area contributed by atoms with Crippen LogP contribution < -0.4 is 10.1 Å². The minimum atomic E-state index is -0.989. The highest BCUT2D eigenvalue weighted by Gasteiger charge is 2.16. The van der Waals surface area contributed by atoms with Crippen molar-refractivity contribution in [2.24, 2.45) is 5.11 Å². The Labute approximate surface area is 148 Å². The van der Waals surface area contributed by atoms with Crippen molar-refractivity contribution in [1.82, 2.24) is 14.6 Å². The Morgan fingerprint density at radius 1 is 1.31 bits per heavy atom. The molecule has 9 heteroatoms. The van der Waals surface area contributed by atoms with Gasteiger partial charge in [0, 0.05) is 11.8 Å². The number of alkyl halides is 2. The van der Waals surface area contributed by atoms with Crippen LogP contribution in [0.25, 0.3) is 16.6 Å². The zero-order chi connectivity index (χ0) is 18.7. The lowest BCUT2D eigenvalue weighted by Gasteiger charge is -2.15. The zero-order valence-electron chi connectivity index (χ0n) is 14.3. The molecule has 0 aliphatic heterocycles. The van der Waals surface area contributed by atoms with Crippen LogP contribution in [0.15, 0.2) is 35.6 Å². The summed E-state index contributed by atoms with van der Waals surface area (Å²) in [5, 5.41) is 10.5. The minimum absolute atomic E-state index is 0.295. The van der Waals surface area contributed by atoms with Gasteiger partial charge in [-0.25, -0.2) is 18.8 Å². The van der Waals surface area contributed by atoms with Crippen LogP contribution in [0.4, 0.5) is 20.2 Å². The molecule has 0 radical (unpaired) electrons. The lowest BCUT2D eigenvalue weighted by atomic mass is 10.1. The summed E-state index contributed by atoms with van der Waals surface area (Å²) >= 11 is 0. The lowest BCUT2D eigenvalue weighted by molar-refractivity contribution is 0.368. The number of methoxy groups -OCH3 is 1. The number of hydrogen-bond donors (Lipinski definition) is 2. The van der Waals surface area contributed by atoms with E-state index in [0.29, 0.717) is 28.6 Å².